The molecule has 1 aromatic heterocycles. The van der Waals surface area contributed by atoms with E-state index in [1.807, 2.05) is 0 Å². The zero-order valence-electron chi connectivity index (χ0n) is 7.28. The van der Waals surface area contributed by atoms with Crippen molar-refractivity contribution in [2.45, 2.75) is 19.4 Å². The van der Waals surface area contributed by atoms with Crippen LogP contribution in [0.15, 0.2) is 6.20 Å². The van der Waals surface area contributed by atoms with Crippen LogP contribution in [0.2, 0.25) is 0 Å². The van der Waals surface area contributed by atoms with Crippen molar-refractivity contribution in [3.63, 3.8) is 0 Å². The van der Waals surface area contributed by atoms with Gasteiger partial charge in [-0.3, -0.25) is 0 Å². The van der Waals surface area contributed by atoms with Crippen molar-refractivity contribution < 1.29 is 9.84 Å². The molecule has 0 radical (unpaired) electrons. The Hall–Kier alpha value is -0.450. The molecule has 1 heterocycles. The summed E-state index contributed by atoms with van der Waals surface area (Å²) in [4.78, 5) is 5.07. The van der Waals surface area contributed by atoms with Gasteiger partial charge in [-0.15, -0.1) is 11.3 Å². The van der Waals surface area contributed by atoms with Crippen LogP contribution < -0.4 is 0 Å². The van der Waals surface area contributed by atoms with Crippen LogP contribution in [0, 0.1) is 0 Å². The van der Waals surface area contributed by atoms with Gasteiger partial charge >= 0.3 is 0 Å². The molecular formula is C8H13NO2S. The van der Waals surface area contributed by atoms with Gasteiger partial charge in [0.05, 0.1) is 22.6 Å². The molecular weight excluding hydrogens is 174 g/mol. The van der Waals surface area contributed by atoms with Gasteiger partial charge in [-0.05, 0) is 6.92 Å². The van der Waals surface area contributed by atoms with Crippen molar-refractivity contribution in [2.24, 2.45) is 0 Å². The lowest BCUT2D eigenvalue weighted by atomic mass is 10.4. The van der Waals surface area contributed by atoms with Gasteiger partial charge in [0, 0.05) is 19.7 Å². The third-order valence-corrected chi connectivity index (χ3v) is 2.73. The molecule has 0 amide bonds. The van der Waals surface area contributed by atoms with Crippen molar-refractivity contribution in [1.82, 2.24) is 4.98 Å². The standard InChI is InChI=1S/C8H13NO2S/c1-6(10)7-5-9-8(12-7)3-4-11-2/h5-6,10H,3-4H2,1-2H3. The van der Waals surface area contributed by atoms with Gasteiger partial charge in [0.15, 0.2) is 0 Å². The van der Waals surface area contributed by atoms with Crippen molar-refractivity contribution in [1.29, 1.82) is 0 Å². The van der Waals surface area contributed by atoms with Gasteiger partial charge in [-0.1, -0.05) is 0 Å². The molecule has 1 aromatic rings. The molecule has 4 heteroatoms. The lowest BCUT2D eigenvalue weighted by Crippen LogP contribution is -1.92. The normalized spacial score (nSPS) is 13.2. The molecule has 12 heavy (non-hydrogen) atoms. The molecule has 0 aliphatic carbocycles. The van der Waals surface area contributed by atoms with E-state index < -0.39 is 6.10 Å². The summed E-state index contributed by atoms with van der Waals surface area (Å²) in [5.41, 5.74) is 0. The summed E-state index contributed by atoms with van der Waals surface area (Å²) >= 11 is 1.54. The first-order valence-corrected chi connectivity index (χ1v) is 4.67. The predicted octanol–water partition coefficient (Wildman–Crippen LogP) is 1.39. The SMILES string of the molecule is COCCc1ncc(C(C)O)s1. The molecule has 1 unspecified atom stereocenters. The third-order valence-electron chi connectivity index (χ3n) is 1.50. The Morgan fingerprint density at radius 1 is 1.75 bits per heavy atom. The average Bonchev–Trinajstić information content (AvgIpc) is 2.48. The Labute approximate surface area is 76.0 Å². The number of aliphatic hydroxyl groups is 1. The minimum absolute atomic E-state index is 0.404. The van der Waals surface area contributed by atoms with E-state index in [1.54, 1.807) is 20.2 Å². The summed E-state index contributed by atoms with van der Waals surface area (Å²) in [6, 6.07) is 0. The zero-order valence-corrected chi connectivity index (χ0v) is 8.10. The van der Waals surface area contributed by atoms with E-state index in [9.17, 15) is 5.11 Å². The third kappa shape index (κ3) is 2.55. The first kappa shape index (κ1) is 9.64. The number of hydrogen-bond acceptors (Lipinski definition) is 4. The quantitative estimate of drug-likeness (QED) is 0.774. The highest BCUT2D eigenvalue weighted by Gasteiger charge is 2.05. The molecule has 0 saturated heterocycles. The number of aromatic nitrogens is 1. The van der Waals surface area contributed by atoms with Crippen LogP contribution >= 0.6 is 11.3 Å². The number of methoxy groups -OCH3 is 1. The largest absolute Gasteiger partial charge is 0.388 e. The number of hydrogen-bond donors (Lipinski definition) is 1. The Bertz CT molecular complexity index is 235. The minimum atomic E-state index is -0.404. The van der Waals surface area contributed by atoms with E-state index in [0.717, 1.165) is 16.3 Å². The summed E-state index contributed by atoms with van der Waals surface area (Å²) in [6.07, 6.45) is 2.15. The summed E-state index contributed by atoms with van der Waals surface area (Å²) in [6.45, 7) is 2.43. The fourth-order valence-electron chi connectivity index (χ4n) is 0.822. The van der Waals surface area contributed by atoms with Gasteiger partial charge in [-0.2, -0.15) is 0 Å². The Balaban J connectivity index is 2.52. The van der Waals surface area contributed by atoms with Crippen LogP contribution in [-0.2, 0) is 11.2 Å². The first-order chi connectivity index (χ1) is 5.74. The maximum Gasteiger partial charge on any atom is 0.0951 e. The lowest BCUT2D eigenvalue weighted by molar-refractivity contribution is 0.202. The van der Waals surface area contributed by atoms with Gasteiger partial charge in [-0.25, -0.2) is 4.98 Å². The molecule has 0 fully saturated rings. The fraction of sp³-hybridized carbons (Fsp3) is 0.625. The molecule has 0 aliphatic rings. The number of ether oxygens (including phenoxy) is 1. The molecule has 0 aromatic carbocycles. The van der Waals surface area contributed by atoms with Gasteiger partial charge < -0.3 is 9.84 Å². The predicted molar refractivity (Wildman–Crippen MR) is 48.3 cm³/mol. The van der Waals surface area contributed by atoms with E-state index in [-0.39, 0.29) is 0 Å². The van der Waals surface area contributed by atoms with Crippen LogP contribution in [0.3, 0.4) is 0 Å². The minimum Gasteiger partial charge on any atom is -0.388 e. The average molecular weight is 187 g/mol. The van der Waals surface area contributed by atoms with Crippen molar-refractivity contribution in [3.8, 4) is 0 Å². The number of nitrogens with zero attached hydrogens (tertiary/aromatic N) is 1. The molecule has 1 N–H and O–H groups in total. The molecule has 0 aliphatic heterocycles. The summed E-state index contributed by atoms with van der Waals surface area (Å²) in [7, 11) is 1.67. The number of rotatable bonds is 4. The molecule has 68 valence electrons. The Kier molecular flexibility index (Phi) is 3.65. The van der Waals surface area contributed by atoms with E-state index in [0.29, 0.717) is 6.61 Å². The second-order valence-electron chi connectivity index (χ2n) is 2.58. The van der Waals surface area contributed by atoms with Gasteiger partial charge in [0.1, 0.15) is 0 Å². The van der Waals surface area contributed by atoms with E-state index >= 15 is 0 Å². The first-order valence-electron chi connectivity index (χ1n) is 3.85. The second kappa shape index (κ2) is 4.54. The highest BCUT2D eigenvalue weighted by atomic mass is 32.1. The van der Waals surface area contributed by atoms with E-state index in [2.05, 4.69) is 4.98 Å². The molecule has 1 atom stereocenters. The number of thiazole rings is 1. The van der Waals surface area contributed by atoms with E-state index in [4.69, 9.17) is 4.74 Å². The summed E-state index contributed by atoms with van der Waals surface area (Å²) < 4.78 is 4.92. The maximum absolute atomic E-state index is 9.20. The van der Waals surface area contributed by atoms with Crippen molar-refractivity contribution >= 4 is 11.3 Å². The number of aliphatic hydroxyl groups excluding tert-OH is 1. The summed E-state index contributed by atoms with van der Waals surface area (Å²) in [5.74, 6) is 0. The van der Waals surface area contributed by atoms with Gasteiger partial charge in [0.2, 0.25) is 0 Å². The molecule has 0 bridgehead atoms. The van der Waals surface area contributed by atoms with Crippen molar-refractivity contribution in [2.75, 3.05) is 13.7 Å². The Morgan fingerprint density at radius 2 is 2.50 bits per heavy atom. The zero-order chi connectivity index (χ0) is 8.97. The topological polar surface area (TPSA) is 42.4 Å². The molecule has 0 saturated carbocycles. The Morgan fingerprint density at radius 3 is 3.00 bits per heavy atom. The van der Waals surface area contributed by atoms with Crippen molar-refractivity contribution in [3.05, 3.63) is 16.1 Å². The van der Waals surface area contributed by atoms with E-state index in [1.165, 1.54) is 11.3 Å². The highest BCUT2D eigenvalue weighted by molar-refractivity contribution is 7.11. The van der Waals surface area contributed by atoms with Crippen LogP contribution in [0.5, 0.6) is 0 Å². The van der Waals surface area contributed by atoms with Crippen LogP contribution in [0.1, 0.15) is 22.9 Å². The van der Waals surface area contributed by atoms with Crippen LogP contribution in [-0.4, -0.2) is 23.8 Å². The lowest BCUT2D eigenvalue weighted by Gasteiger charge is -1.96. The monoisotopic (exact) mass is 187 g/mol. The smallest absolute Gasteiger partial charge is 0.0951 e. The molecule has 3 nitrogen and oxygen atoms in total. The maximum atomic E-state index is 9.20. The highest BCUT2D eigenvalue weighted by Crippen LogP contribution is 2.20. The van der Waals surface area contributed by atoms with Crippen LogP contribution in [0.4, 0.5) is 0 Å². The van der Waals surface area contributed by atoms with Gasteiger partial charge in [0.25, 0.3) is 0 Å². The molecule has 1 rings (SSSR count). The van der Waals surface area contributed by atoms with Crippen LogP contribution in [0.25, 0.3) is 0 Å². The second-order valence-corrected chi connectivity index (χ2v) is 3.72. The fourth-order valence-corrected chi connectivity index (χ4v) is 1.66. The summed E-state index contributed by atoms with van der Waals surface area (Å²) in [5, 5.41) is 10.2. The molecule has 0 spiro atoms.